The van der Waals surface area contributed by atoms with Gasteiger partial charge >= 0.3 is 0 Å². The first-order valence-corrected chi connectivity index (χ1v) is 10.3. The van der Waals surface area contributed by atoms with Crippen molar-refractivity contribution in [2.45, 2.75) is 32.8 Å². The molecule has 2 N–H and O–H groups in total. The van der Waals surface area contributed by atoms with Gasteiger partial charge in [0.05, 0.1) is 13.2 Å². The van der Waals surface area contributed by atoms with Gasteiger partial charge in [0.15, 0.2) is 11.5 Å². The van der Waals surface area contributed by atoms with Crippen LogP contribution in [0.25, 0.3) is 17.0 Å². The second-order valence-corrected chi connectivity index (χ2v) is 7.28. The zero-order valence-corrected chi connectivity index (χ0v) is 18.1. The molecule has 31 heavy (non-hydrogen) atoms. The largest absolute Gasteiger partial charge is 0.493 e. The fourth-order valence-corrected chi connectivity index (χ4v) is 3.23. The van der Waals surface area contributed by atoms with E-state index in [1.165, 1.54) is 0 Å². The summed E-state index contributed by atoms with van der Waals surface area (Å²) in [7, 11) is 1.56. The number of nitrogens with zero attached hydrogens (tertiary/aromatic N) is 1. The topological polar surface area (TPSA) is 87.1 Å². The third-order valence-corrected chi connectivity index (χ3v) is 5.12. The summed E-state index contributed by atoms with van der Waals surface area (Å²) in [5.74, 6) is 0.794. The summed E-state index contributed by atoms with van der Waals surface area (Å²) in [5, 5.41) is 13.4. The number of nitriles is 1. The number of methoxy groups -OCH3 is 1. The monoisotopic (exact) mass is 417 g/mol. The van der Waals surface area contributed by atoms with Crippen molar-refractivity contribution in [3.8, 4) is 17.6 Å². The van der Waals surface area contributed by atoms with E-state index in [0.717, 1.165) is 22.9 Å². The van der Waals surface area contributed by atoms with E-state index >= 15 is 0 Å². The van der Waals surface area contributed by atoms with Crippen molar-refractivity contribution in [3.63, 3.8) is 0 Å². The maximum absolute atomic E-state index is 12.5. The summed E-state index contributed by atoms with van der Waals surface area (Å²) >= 11 is 0. The number of para-hydroxylation sites is 1. The number of nitrogens with one attached hydrogen (secondary N) is 2. The Balaban J connectivity index is 1.66. The summed E-state index contributed by atoms with van der Waals surface area (Å²) in [6, 6.07) is 15.4. The maximum atomic E-state index is 12.5. The molecule has 0 aliphatic carbocycles. The van der Waals surface area contributed by atoms with E-state index in [1.54, 1.807) is 31.4 Å². The average Bonchev–Trinajstić information content (AvgIpc) is 3.21. The van der Waals surface area contributed by atoms with E-state index in [-0.39, 0.29) is 11.7 Å². The molecule has 0 saturated heterocycles. The lowest BCUT2D eigenvalue weighted by Gasteiger charge is -2.15. The van der Waals surface area contributed by atoms with Crippen LogP contribution in [0.4, 0.5) is 0 Å². The van der Waals surface area contributed by atoms with Crippen molar-refractivity contribution in [2.75, 3.05) is 13.7 Å². The Bertz CT molecular complexity index is 1120. The van der Waals surface area contributed by atoms with Crippen LogP contribution in [0, 0.1) is 11.3 Å². The van der Waals surface area contributed by atoms with Gasteiger partial charge in [0.2, 0.25) is 0 Å². The number of hydrogen-bond donors (Lipinski definition) is 2. The van der Waals surface area contributed by atoms with E-state index in [4.69, 9.17) is 9.47 Å². The van der Waals surface area contributed by atoms with E-state index in [0.29, 0.717) is 30.0 Å². The van der Waals surface area contributed by atoms with Crippen LogP contribution >= 0.6 is 0 Å². The number of benzene rings is 2. The van der Waals surface area contributed by atoms with Gasteiger partial charge in [-0.2, -0.15) is 5.26 Å². The zero-order valence-electron chi connectivity index (χ0n) is 18.1. The Labute approximate surface area is 182 Å². The fourth-order valence-electron chi connectivity index (χ4n) is 3.23. The molecule has 1 heterocycles. The molecule has 1 aromatic heterocycles. The molecule has 1 amide bonds. The molecule has 0 saturated carbocycles. The molecular formula is C25H27N3O3. The number of rotatable bonds is 9. The first-order chi connectivity index (χ1) is 15.0. The van der Waals surface area contributed by atoms with Gasteiger partial charge in [-0.05, 0) is 55.2 Å². The van der Waals surface area contributed by atoms with Crippen molar-refractivity contribution < 1.29 is 14.3 Å². The van der Waals surface area contributed by atoms with Crippen LogP contribution in [-0.4, -0.2) is 30.6 Å². The molecule has 1 atom stereocenters. The smallest absolute Gasteiger partial charge is 0.261 e. The van der Waals surface area contributed by atoms with Crippen LogP contribution in [-0.2, 0) is 11.2 Å². The summed E-state index contributed by atoms with van der Waals surface area (Å²) < 4.78 is 11.3. The molecule has 0 aliphatic heterocycles. The minimum atomic E-state index is -0.402. The lowest BCUT2D eigenvalue weighted by Crippen LogP contribution is -2.26. The normalized spacial score (nSPS) is 12.3. The third-order valence-electron chi connectivity index (χ3n) is 5.12. The Morgan fingerprint density at radius 1 is 1.26 bits per heavy atom. The van der Waals surface area contributed by atoms with Crippen molar-refractivity contribution in [2.24, 2.45) is 0 Å². The van der Waals surface area contributed by atoms with E-state index in [2.05, 4.69) is 10.3 Å². The Morgan fingerprint density at radius 2 is 2.06 bits per heavy atom. The average molecular weight is 418 g/mol. The first-order valence-electron chi connectivity index (χ1n) is 10.3. The summed E-state index contributed by atoms with van der Waals surface area (Å²) in [6.07, 6.45) is 5.11. The molecule has 6 nitrogen and oxygen atoms in total. The Hall–Kier alpha value is -3.72. The van der Waals surface area contributed by atoms with Crippen LogP contribution in [0.15, 0.2) is 54.2 Å². The lowest BCUT2D eigenvalue weighted by molar-refractivity contribution is -0.117. The molecule has 0 aliphatic rings. The van der Waals surface area contributed by atoms with Gasteiger partial charge in [0.1, 0.15) is 11.6 Å². The van der Waals surface area contributed by atoms with Gasteiger partial charge < -0.3 is 19.8 Å². The molecule has 0 radical (unpaired) electrons. The van der Waals surface area contributed by atoms with Gasteiger partial charge in [-0.15, -0.1) is 0 Å². The minimum absolute atomic E-state index is 0.0385. The summed E-state index contributed by atoms with van der Waals surface area (Å²) in [6.45, 7) is 4.47. The SMILES string of the molecule is CC[C@H](C)Oc1ccc(/C=C(/C#N)C(=O)NCCc2c[nH]c3ccccc23)cc1OC. The molecule has 0 fully saturated rings. The lowest BCUT2D eigenvalue weighted by atomic mass is 10.1. The summed E-state index contributed by atoms with van der Waals surface area (Å²) in [5.41, 5.74) is 2.92. The fraction of sp³-hybridized carbons (Fsp3) is 0.280. The zero-order chi connectivity index (χ0) is 22.2. The van der Waals surface area contributed by atoms with Crippen LogP contribution < -0.4 is 14.8 Å². The molecule has 6 heteroatoms. The molecule has 2 aromatic carbocycles. The molecule has 0 bridgehead atoms. The molecule has 3 aromatic rings. The number of aromatic amines is 1. The van der Waals surface area contributed by atoms with Crippen molar-refractivity contribution in [1.82, 2.24) is 10.3 Å². The maximum Gasteiger partial charge on any atom is 0.261 e. The van der Waals surface area contributed by atoms with Gasteiger partial charge in [-0.3, -0.25) is 4.79 Å². The number of amides is 1. The molecule has 0 spiro atoms. The van der Waals surface area contributed by atoms with Gasteiger partial charge in [0.25, 0.3) is 5.91 Å². The second kappa shape index (κ2) is 10.4. The van der Waals surface area contributed by atoms with Gasteiger partial charge in [0, 0.05) is 23.6 Å². The minimum Gasteiger partial charge on any atom is -0.493 e. The molecular weight excluding hydrogens is 390 g/mol. The summed E-state index contributed by atoms with van der Waals surface area (Å²) in [4.78, 5) is 15.7. The number of aromatic nitrogens is 1. The first kappa shape index (κ1) is 22.0. The van der Waals surface area contributed by atoms with E-state index in [9.17, 15) is 10.1 Å². The highest BCUT2D eigenvalue weighted by molar-refractivity contribution is 6.01. The molecule has 160 valence electrons. The number of hydrogen-bond acceptors (Lipinski definition) is 4. The number of H-pyrrole nitrogens is 1. The van der Waals surface area contributed by atoms with Crippen molar-refractivity contribution in [3.05, 3.63) is 65.4 Å². The number of carbonyl (C=O) groups is 1. The Morgan fingerprint density at radius 3 is 2.81 bits per heavy atom. The standard InChI is InChI=1S/C25H27N3O3/c1-4-17(2)31-23-10-9-18(14-24(23)30-3)13-20(15-26)25(29)27-12-11-19-16-28-22-8-6-5-7-21(19)22/h5-10,13-14,16-17,28H,4,11-12H2,1-3H3,(H,27,29)/b20-13-/t17-/m0/s1. The van der Waals surface area contributed by atoms with Crippen LogP contribution in [0.2, 0.25) is 0 Å². The predicted octanol–water partition coefficient (Wildman–Crippen LogP) is 4.62. The van der Waals surface area contributed by atoms with Crippen LogP contribution in [0.1, 0.15) is 31.4 Å². The van der Waals surface area contributed by atoms with Gasteiger partial charge in [-0.1, -0.05) is 31.2 Å². The van der Waals surface area contributed by atoms with Gasteiger partial charge in [-0.25, -0.2) is 0 Å². The molecule has 3 rings (SSSR count). The number of ether oxygens (including phenoxy) is 2. The number of fused-ring (bicyclic) bond motifs is 1. The molecule has 0 unspecified atom stereocenters. The van der Waals surface area contributed by atoms with Crippen LogP contribution in [0.3, 0.4) is 0 Å². The van der Waals surface area contributed by atoms with E-state index in [1.807, 2.05) is 50.4 Å². The third kappa shape index (κ3) is 5.46. The van der Waals surface area contributed by atoms with Crippen LogP contribution in [0.5, 0.6) is 11.5 Å². The quantitative estimate of drug-likeness (QED) is 0.393. The van der Waals surface area contributed by atoms with E-state index < -0.39 is 5.91 Å². The highest BCUT2D eigenvalue weighted by Crippen LogP contribution is 2.30. The van der Waals surface area contributed by atoms with Crippen molar-refractivity contribution in [1.29, 1.82) is 5.26 Å². The highest BCUT2D eigenvalue weighted by atomic mass is 16.5. The second-order valence-electron chi connectivity index (χ2n) is 7.28. The number of carbonyl (C=O) groups excluding carboxylic acids is 1. The Kier molecular flexibility index (Phi) is 7.34. The predicted molar refractivity (Wildman–Crippen MR) is 122 cm³/mol. The van der Waals surface area contributed by atoms with Crippen molar-refractivity contribution >= 4 is 22.9 Å². The highest BCUT2D eigenvalue weighted by Gasteiger charge is 2.12.